The van der Waals surface area contributed by atoms with E-state index in [1.54, 1.807) is 6.07 Å². The Balaban J connectivity index is 1.68. The molecule has 24 heavy (non-hydrogen) atoms. The molecule has 7 heteroatoms. The SMILES string of the molecule is NC(=O)CC1(NC(=O)c2ccn(C3CCOCC3)n2)CCCCC1. The zero-order valence-electron chi connectivity index (χ0n) is 14.0. The third-order valence-electron chi connectivity index (χ3n) is 5.11. The average molecular weight is 334 g/mol. The zero-order valence-corrected chi connectivity index (χ0v) is 14.0. The number of amides is 2. The van der Waals surface area contributed by atoms with Crippen LogP contribution in [0, 0.1) is 0 Å². The maximum Gasteiger partial charge on any atom is 0.272 e. The molecule has 1 aromatic rings. The number of nitrogens with two attached hydrogens (primary N) is 1. The summed E-state index contributed by atoms with van der Waals surface area (Å²) in [5.74, 6) is -0.589. The molecular weight excluding hydrogens is 308 g/mol. The fourth-order valence-electron chi connectivity index (χ4n) is 3.83. The molecule has 3 N–H and O–H groups in total. The van der Waals surface area contributed by atoms with Gasteiger partial charge in [0.15, 0.2) is 0 Å². The largest absolute Gasteiger partial charge is 0.381 e. The number of aromatic nitrogens is 2. The van der Waals surface area contributed by atoms with Crippen molar-refractivity contribution in [2.24, 2.45) is 5.73 Å². The lowest BCUT2D eigenvalue weighted by atomic mass is 9.79. The van der Waals surface area contributed by atoms with Crippen LogP contribution in [0.25, 0.3) is 0 Å². The fourth-order valence-corrected chi connectivity index (χ4v) is 3.83. The van der Waals surface area contributed by atoms with Crippen molar-refractivity contribution >= 4 is 11.8 Å². The standard InChI is InChI=1S/C17H26N4O3/c18-15(22)12-17(7-2-1-3-8-17)19-16(23)14-4-9-21(20-14)13-5-10-24-11-6-13/h4,9,13H,1-3,5-8,10-12H2,(H2,18,22)(H,19,23). The minimum atomic E-state index is -0.510. The first kappa shape index (κ1) is 17.0. The second kappa shape index (κ2) is 7.34. The van der Waals surface area contributed by atoms with Crippen LogP contribution in [0.15, 0.2) is 12.3 Å². The molecule has 7 nitrogen and oxygen atoms in total. The molecule has 0 unspecified atom stereocenters. The molecule has 132 valence electrons. The smallest absolute Gasteiger partial charge is 0.272 e. The summed E-state index contributed by atoms with van der Waals surface area (Å²) in [6.45, 7) is 1.46. The lowest BCUT2D eigenvalue weighted by molar-refractivity contribution is -0.119. The number of ether oxygens (including phenoxy) is 1. The van der Waals surface area contributed by atoms with Crippen LogP contribution < -0.4 is 11.1 Å². The minimum absolute atomic E-state index is 0.194. The average Bonchev–Trinajstić information content (AvgIpc) is 3.06. The van der Waals surface area contributed by atoms with Crippen LogP contribution in [-0.2, 0) is 9.53 Å². The van der Waals surface area contributed by atoms with E-state index in [1.165, 1.54) is 0 Å². The summed E-state index contributed by atoms with van der Waals surface area (Å²) in [7, 11) is 0. The van der Waals surface area contributed by atoms with Gasteiger partial charge in [-0.1, -0.05) is 19.3 Å². The van der Waals surface area contributed by atoms with Crippen LogP contribution in [0.2, 0.25) is 0 Å². The van der Waals surface area contributed by atoms with Crippen LogP contribution in [0.4, 0.5) is 0 Å². The third-order valence-corrected chi connectivity index (χ3v) is 5.11. The van der Waals surface area contributed by atoms with Crippen molar-refractivity contribution in [3.8, 4) is 0 Å². The lowest BCUT2D eigenvalue weighted by Gasteiger charge is -2.37. The van der Waals surface area contributed by atoms with Gasteiger partial charge in [0.05, 0.1) is 6.04 Å². The molecule has 1 aliphatic carbocycles. The first-order valence-corrected chi connectivity index (χ1v) is 8.82. The van der Waals surface area contributed by atoms with Gasteiger partial charge in [0.2, 0.25) is 5.91 Å². The minimum Gasteiger partial charge on any atom is -0.381 e. The number of hydrogen-bond donors (Lipinski definition) is 2. The Morgan fingerprint density at radius 1 is 1.29 bits per heavy atom. The highest BCUT2D eigenvalue weighted by Gasteiger charge is 2.35. The van der Waals surface area contributed by atoms with Crippen LogP contribution >= 0.6 is 0 Å². The molecule has 0 bridgehead atoms. The number of primary amides is 1. The molecule has 1 saturated heterocycles. The van der Waals surface area contributed by atoms with Crippen molar-refractivity contribution in [1.82, 2.24) is 15.1 Å². The molecule has 2 amide bonds. The Kier molecular flexibility index (Phi) is 5.18. The van der Waals surface area contributed by atoms with Crippen molar-refractivity contribution in [2.45, 2.75) is 62.9 Å². The van der Waals surface area contributed by atoms with Gasteiger partial charge in [-0.2, -0.15) is 5.10 Å². The van der Waals surface area contributed by atoms with E-state index in [9.17, 15) is 9.59 Å². The maximum absolute atomic E-state index is 12.6. The second-order valence-electron chi connectivity index (χ2n) is 6.96. The molecular formula is C17H26N4O3. The molecule has 2 heterocycles. The van der Waals surface area contributed by atoms with Crippen molar-refractivity contribution < 1.29 is 14.3 Å². The number of nitrogens with zero attached hydrogens (tertiary/aromatic N) is 2. The van der Waals surface area contributed by atoms with Crippen molar-refractivity contribution in [1.29, 1.82) is 0 Å². The van der Waals surface area contributed by atoms with Crippen molar-refractivity contribution in [3.63, 3.8) is 0 Å². The number of rotatable bonds is 5. The van der Waals surface area contributed by atoms with E-state index in [1.807, 2.05) is 10.9 Å². The first-order chi connectivity index (χ1) is 11.6. The molecule has 3 rings (SSSR count). The topological polar surface area (TPSA) is 99.2 Å². The van der Waals surface area contributed by atoms with Gasteiger partial charge in [0.25, 0.3) is 5.91 Å². The molecule has 2 fully saturated rings. The second-order valence-corrected chi connectivity index (χ2v) is 6.96. The summed E-state index contributed by atoms with van der Waals surface area (Å²) < 4.78 is 7.22. The van der Waals surface area contributed by atoms with Crippen LogP contribution in [-0.4, -0.2) is 40.3 Å². The maximum atomic E-state index is 12.6. The Hall–Kier alpha value is -1.89. The lowest BCUT2D eigenvalue weighted by Crippen LogP contribution is -2.52. The van der Waals surface area contributed by atoms with E-state index in [0.717, 1.165) is 58.2 Å². The summed E-state index contributed by atoms with van der Waals surface area (Å²) in [6.07, 6.45) is 8.60. The molecule has 0 aromatic carbocycles. The highest BCUT2D eigenvalue weighted by molar-refractivity contribution is 5.93. The number of nitrogens with one attached hydrogen (secondary N) is 1. The van der Waals surface area contributed by atoms with Gasteiger partial charge in [0.1, 0.15) is 5.69 Å². The summed E-state index contributed by atoms with van der Waals surface area (Å²) >= 11 is 0. The van der Waals surface area contributed by atoms with E-state index in [2.05, 4.69) is 10.4 Å². The number of carbonyl (C=O) groups is 2. The van der Waals surface area contributed by atoms with E-state index >= 15 is 0 Å². The molecule has 0 spiro atoms. The van der Waals surface area contributed by atoms with Gasteiger partial charge < -0.3 is 15.8 Å². The molecule has 1 saturated carbocycles. The Bertz CT molecular complexity index is 586. The van der Waals surface area contributed by atoms with Crippen LogP contribution in [0.1, 0.15) is 67.9 Å². The molecule has 2 aliphatic rings. The van der Waals surface area contributed by atoms with Gasteiger partial charge in [0, 0.05) is 31.4 Å². The van der Waals surface area contributed by atoms with E-state index in [0.29, 0.717) is 5.69 Å². The normalized spacial score (nSPS) is 21.3. The van der Waals surface area contributed by atoms with Gasteiger partial charge in [-0.15, -0.1) is 0 Å². The summed E-state index contributed by atoms with van der Waals surface area (Å²) in [6, 6.07) is 2.03. The van der Waals surface area contributed by atoms with Crippen LogP contribution in [0.5, 0.6) is 0 Å². The molecule has 0 atom stereocenters. The molecule has 1 aromatic heterocycles. The monoisotopic (exact) mass is 334 g/mol. The molecule has 1 aliphatic heterocycles. The van der Waals surface area contributed by atoms with Gasteiger partial charge in [-0.05, 0) is 31.7 Å². The predicted molar refractivity (Wildman–Crippen MR) is 88.4 cm³/mol. The quantitative estimate of drug-likeness (QED) is 0.853. The third kappa shape index (κ3) is 3.95. The molecule has 0 radical (unpaired) electrons. The Morgan fingerprint density at radius 2 is 2.00 bits per heavy atom. The first-order valence-electron chi connectivity index (χ1n) is 8.82. The highest BCUT2D eigenvalue weighted by atomic mass is 16.5. The van der Waals surface area contributed by atoms with E-state index < -0.39 is 5.54 Å². The fraction of sp³-hybridized carbons (Fsp3) is 0.706. The van der Waals surface area contributed by atoms with Crippen molar-refractivity contribution in [3.05, 3.63) is 18.0 Å². The van der Waals surface area contributed by atoms with Crippen molar-refractivity contribution in [2.75, 3.05) is 13.2 Å². The summed E-state index contributed by atoms with van der Waals surface area (Å²) in [5, 5.41) is 7.50. The summed E-state index contributed by atoms with van der Waals surface area (Å²) in [5.41, 5.74) is 5.29. The highest BCUT2D eigenvalue weighted by Crippen LogP contribution is 2.31. The van der Waals surface area contributed by atoms with Gasteiger partial charge >= 0.3 is 0 Å². The zero-order chi connectivity index (χ0) is 17.0. The van der Waals surface area contributed by atoms with E-state index in [-0.39, 0.29) is 24.3 Å². The summed E-state index contributed by atoms with van der Waals surface area (Å²) in [4.78, 5) is 24.1. The van der Waals surface area contributed by atoms with Gasteiger partial charge in [-0.3, -0.25) is 14.3 Å². The predicted octanol–water partition coefficient (Wildman–Crippen LogP) is 1.54. The number of hydrogen-bond acceptors (Lipinski definition) is 4. The Labute approximate surface area is 141 Å². The van der Waals surface area contributed by atoms with Gasteiger partial charge in [-0.25, -0.2) is 0 Å². The van der Waals surface area contributed by atoms with Crippen LogP contribution in [0.3, 0.4) is 0 Å². The van der Waals surface area contributed by atoms with E-state index in [4.69, 9.17) is 10.5 Å². The Morgan fingerprint density at radius 3 is 2.67 bits per heavy atom. The number of carbonyl (C=O) groups excluding carboxylic acids is 2.